The monoisotopic (exact) mass is 293 g/mol. The number of hydrogen-bond acceptors (Lipinski definition) is 3. The minimum absolute atomic E-state index is 0.156. The van der Waals surface area contributed by atoms with Gasteiger partial charge in [0.05, 0.1) is 19.1 Å². The summed E-state index contributed by atoms with van der Waals surface area (Å²) in [5, 5.41) is 12.0. The predicted molar refractivity (Wildman–Crippen MR) is 80.2 cm³/mol. The smallest absolute Gasteiger partial charge is 0.306 e. The number of ether oxygens (including phenoxy) is 1. The Morgan fingerprint density at radius 3 is 2.57 bits per heavy atom. The summed E-state index contributed by atoms with van der Waals surface area (Å²) in [6.45, 7) is 5.60. The summed E-state index contributed by atoms with van der Waals surface area (Å²) < 4.78 is 5.16. The molecule has 0 spiro atoms. The first-order chi connectivity index (χ1) is 9.76. The van der Waals surface area contributed by atoms with Crippen LogP contribution in [0.3, 0.4) is 0 Å². The van der Waals surface area contributed by atoms with Gasteiger partial charge in [-0.05, 0) is 30.5 Å². The third kappa shape index (κ3) is 5.10. The van der Waals surface area contributed by atoms with Gasteiger partial charge in [-0.3, -0.25) is 9.59 Å². The van der Waals surface area contributed by atoms with E-state index < -0.39 is 11.5 Å². The lowest BCUT2D eigenvalue weighted by molar-refractivity contribution is -0.139. The number of carboxylic acids is 1. The topological polar surface area (TPSA) is 75.6 Å². The van der Waals surface area contributed by atoms with E-state index in [2.05, 4.69) is 5.32 Å². The first-order valence-corrected chi connectivity index (χ1v) is 6.94. The number of nitrogens with one attached hydrogen (secondary N) is 1. The highest BCUT2D eigenvalue weighted by Crippen LogP contribution is 2.28. The Labute approximate surface area is 125 Å². The van der Waals surface area contributed by atoms with Gasteiger partial charge in [0.2, 0.25) is 5.91 Å². The fourth-order valence-electron chi connectivity index (χ4n) is 2.22. The maximum atomic E-state index is 12.0. The van der Waals surface area contributed by atoms with Crippen molar-refractivity contribution in [3.05, 3.63) is 29.8 Å². The van der Waals surface area contributed by atoms with E-state index >= 15 is 0 Å². The highest BCUT2D eigenvalue weighted by atomic mass is 16.5. The summed E-state index contributed by atoms with van der Waals surface area (Å²) in [7, 11) is 1.55. The highest BCUT2D eigenvalue weighted by molar-refractivity contribution is 5.79. The zero-order chi connectivity index (χ0) is 16.0. The van der Waals surface area contributed by atoms with Crippen molar-refractivity contribution in [2.24, 2.45) is 5.92 Å². The average Bonchev–Trinajstić information content (AvgIpc) is 2.36. The van der Waals surface area contributed by atoms with Gasteiger partial charge in [-0.1, -0.05) is 26.0 Å². The van der Waals surface area contributed by atoms with Gasteiger partial charge in [0, 0.05) is 6.42 Å². The first kappa shape index (κ1) is 17.0. The second kappa shape index (κ2) is 7.11. The zero-order valence-corrected chi connectivity index (χ0v) is 13.0. The van der Waals surface area contributed by atoms with E-state index in [1.54, 1.807) is 38.3 Å². The molecule has 2 N–H and O–H groups in total. The maximum absolute atomic E-state index is 12.0. The van der Waals surface area contributed by atoms with E-state index in [9.17, 15) is 9.59 Å². The predicted octanol–water partition coefficient (Wildman–Crippen LogP) is 2.55. The van der Waals surface area contributed by atoms with Gasteiger partial charge in [0.1, 0.15) is 5.75 Å². The largest absolute Gasteiger partial charge is 0.497 e. The summed E-state index contributed by atoms with van der Waals surface area (Å²) in [4.78, 5) is 23.2. The van der Waals surface area contributed by atoms with Crippen molar-refractivity contribution in [3.8, 4) is 5.75 Å². The zero-order valence-electron chi connectivity index (χ0n) is 13.0. The maximum Gasteiger partial charge on any atom is 0.306 e. The van der Waals surface area contributed by atoms with E-state index in [4.69, 9.17) is 9.84 Å². The van der Waals surface area contributed by atoms with Gasteiger partial charge in [-0.2, -0.15) is 0 Å². The van der Waals surface area contributed by atoms with E-state index in [-0.39, 0.29) is 18.2 Å². The number of carboxylic acid groups (broad SMARTS) is 1. The fourth-order valence-corrected chi connectivity index (χ4v) is 2.22. The summed E-state index contributed by atoms with van der Waals surface area (Å²) in [6, 6.07) is 7.10. The number of methoxy groups -OCH3 is 1. The Morgan fingerprint density at radius 2 is 2.05 bits per heavy atom. The molecule has 0 saturated carbocycles. The van der Waals surface area contributed by atoms with Crippen molar-refractivity contribution in [1.82, 2.24) is 5.32 Å². The number of benzene rings is 1. The number of carbonyl (C=O) groups is 2. The normalized spacial score (nSPS) is 13.6. The van der Waals surface area contributed by atoms with Crippen LogP contribution in [0.1, 0.15) is 39.2 Å². The lowest BCUT2D eigenvalue weighted by Gasteiger charge is -2.30. The van der Waals surface area contributed by atoms with Gasteiger partial charge >= 0.3 is 5.97 Å². The lowest BCUT2D eigenvalue weighted by Crippen LogP contribution is -2.45. The van der Waals surface area contributed by atoms with Gasteiger partial charge in [-0.15, -0.1) is 0 Å². The molecule has 0 aliphatic carbocycles. The van der Waals surface area contributed by atoms with Crippen LogP contribution < -0.4 is 10.1 Å². The molecule has 5 heteroatoms. The van der Waals surface area contributed by atoms with Crippen molar-refractivity contribution < 1.29 is 19.4 Å². The van der Waals surface area contributed by atoms with Crippen LogP contribution in [0.25, 0.3) is 0 Å². The molecule has 5 nitrogen and oxygen atoms in total. The van der Waals surface area contributed by atoms with Crippen molar-refractivity contribution in [2.75, 3.05) is 7.11 Å². The van der Waals surface area contributed by atoms with Crippen molar-refractivity contribution in [3.63, 3.8) is 0 Å². The van der Waals surface area contributed by atoms with E-state index in [0.29, 0.717) is 17.7 Å². The van der Waals surface area contributed by atoms with Crippen LogP contribution in [0.4, 0.5) is 0 Å². The fraction of sp³-hybridized carbons (Fsp3) is 0.500. The van der Waals surface area contributed by atoms with E-state index in [1.807, 2.05) is 13.8 Å². The Morgan fingerprint density at radius 1 is 1.38 bits per heavy atom. The van der Waals surface area contributed by atoms with Gasteiger partial charge in [-0.25, -0.2) is 0 Å². The molecular weight excluding hydrogens is 270 g/mol. The molecule has 1 aromatic carbocycles. The van der Waals surface area contributed by atoms with Crippen LogP contribution in [0.15, 0.2) is 24.3 Å². The van der Waals surface area contributed by atoms with Crippen molar-refractivity contribution in [2.45, 2.75) is 39.2 Å². The van der Waals surface area contributed by atoms with Crippen LogP contribution in [0.5, 0.6) is 5.75 Å². The van der Waals surface area contributed by atoms with E-state index in [1.165, 1.54) is 0 Å². The Balaban J connectivity index is 3.07. The van der Waals surface area contributed by atoms with E-state index in [0.717, 1.165) is 0 Å². The molecule has 1 atom stereocenters. The molecule has 0 aliphatic rings. The molecule has 0 aromatic heterocycles. The van der Waals surface area contributed by atoms with Crippen LogP contribution in [0, 0.1) is 5.92 Å². The molecular formula is C16H23NO4. The van der Waals surface area contributed by atoms with Crippen LogP contribution >= 0.6 is 0 Å². The third-order valence-electron chi connectivity index (χ3n) is 3.22. The van der Waals surface area contributed by atoms with Crippen molar-refractivity contribution in [1.29, 1.82) is 0 Å². The van der Waals surface area contributed by atoms with Gasteiger partial charge in [0.15, 0.2) is 0 Å². The second-order valence-electron chi connectivity index (χ2n) is 5.78. The number of carbonyl (C=O) groups excluding carboxylic acids is 1. The molecule has 1 unspecified atom stereocenters. The van der Waals surface area contributed by atoms with Crippen LogP contribution in [0.2, 0.25) is 0 Å². The minimum atomic E-state index is -0.967. The molecule has 21 heavy (non-hydrogen) atoms. The summed E-state index contributed by atoms with van der Waals surface area (Å²) in [6.07, 6.45) is 0.170. The third-order valence-corrected chi connectivity index (χ3v) is 3.22. The SMILES string of the molecule is COc1cccc(C(C)(CC(=O)O)NC(=O)CC(C)C)c1. The second-order valence-corrected chi connectivity index (χ2v) is 5.78. The Hall–Kier alpha value is -2.04. The lowest BCUT2D eigenvalue weighted by atomic mass is 9.88. The van der Waals surface area contributed by atoms with Crippen LogP contribution in [-0.2, 0) is 15.1 Å². The molecule has 1 aromatic rings. The molecule has 0 bridgehead atoms. The standard InChI is InChI=1S/C16H23NO4/c1-11(2)8-14(18)17-16(3,10-15(19)20)12-6-5-7-13(9-12)21-4/h5-7,9,11H,8,10H2,1-4H3,(H,17,18)(H,19,20). The molecule has 0 aliphatic heterocycles. The molecule has 0 radical (unpaired) electrons. The number of rotatable bonds is 7. The quantitative estimate of drug-likeness (QED) is 0.810. The average molecular weight is 293 g/mol. The Bertz CT molecular complexity index is 513. The summed E-state index contributed by atoms with van der Waals surface area (Å²) in [5.41, 5.74) is -0.256. The summed E-state index contributed by atoms with van der Waals surface area (Å²) in [5.74, 6) is -0.284. The van der Waals surface area contributed by atoms with Gasteiger partial charge < -0.3 is 15.2 Å². The molecule has 1 amide bonds. The molecule has 0 fully saturated rings. The van der Waals surface area contributed by atoms with Gasteiger partial charge in [0.25, 0.3) is 0 Å². The number of amides is 1. The van der Waals surface area contributed by atoms with Crippen LogP contribution in [-0.4, -0.2) is 24.1 Å². The molecule has 0 heterocycles. The minimum Gasteiger partial charge on any atom is -0.497 e. The molecule has 0 saturated heterocycles. The number of aliphatic carboxylic acids is 1. The molecule has 1 rings (SSSR count). The summed E-state index contributed by atoms with van der Waals surface area (Å²) >= 11 is 0. The Kier molecular flexibility index (Phi) is 5.76. The van der Waals surface area contributed by atoms with Crippen molar-refractivity contribution >= 4 is 11.9 Å². The highest BCUT2D eigenvalue weighted by Gasteiger charge is 2.31. The first-order valence-electron chi connectivity index (χ1n) is 6.94. The number of hydrogen-bond donors (Lipinski definition) is 2. The molecule has 116 valence electrons.